The molecule has 0 saturated heterocycles. The van der Waals surface area contributed by atoms with Gasteiger partial charge in [0.25, 0.3) is 0 Å². The van der Waals surface area contributed by atoms with Crippen molar-refractivity contribution in [2.45, 2.75) is 6.54 Å². The van der Waals surface area contributed by atoms with Crippen molar-refractivity contribution < 1.29 is 0 Å². The number of para-hydroxylation sites is 1. The zero-order chi connectivity index (χ0) is 11.5. The summed E-state index contributed by atoms with van der Waals surface area (Å²) in [6, 6.07) is 7.40. The van der Waals surface area contributed by atoms with Gasteiger partial charge in [-0.15, -0.1) is 0 Å². The number of hydrogen-bond donors (Lipinski definition) is 2. The van der Waals surface area contributed by atoms with Crippen LogP contribution in [0.5, 0.6) is 0 Å². The predicted octanol–water partition coefficient (Wildman–Crippen LogP) is 2.27. The summed E-state index contributed by atoms with van der Waals surface area (Å²) in [6.45, 7) is 0.643. The normalized spacial score (nSPS) is 10.4. The van der Waals surface area contributed by atoms with E-state index in [1.165, 1.54) is 0 Å². The van der Waals surface area contributed by atoms with Crippen molar-refractivity contribution in [3.8, 4) is 0 Å². The summed E-state index contributed by atoms with van der Waals surface area (Å²) in [4.78, 5) is 0. The van der Waals surface area contributed by atoms with Crippen LogP contribution in [0.4, 0.5) is 11.4 Å². The van der Waals surface area contributed by atoms with Crippen LogP contribution in [0.25, 0.3) is 0 Å². The number of halogens is 1. The molecule has 0 aliphatic carbocycles. The van der Waals surface area contributed by atoms with Crippen molar-refractivity contribution in [2.75, 3.05) is 11.1 Å². The maximum absolute atomic E-state index is 6.04. The number of aryl methyl sites for hydroxylation is 1. The molecule has 0 atom stereocenters. The number of rotatable bonds is 3. The average Bonchev–Trinajstić information content (AvgIpc) is 2.64. The fraction of sp³-hybridized carbons (Fsp3) is 0.182. The second kappa shape index (κ2) is 4.45. The van der Waals surface area contributed by atoms with Crippen molar-refractivity contribution >= 4 is 23.0 Å². The largest absolute Gasteiger partial charge is 0.397 e. The molecule has 5 heteroatoms. The van der Waals surface area contributed by atoms with Crippen LogP contribution in [0.15, 0.2) is 30.5 Å². The second-order valence-corrected chi connectivity index (χ2v) is 3.91. The molecule has 0 bridgehead atoms. The minimum absolute atomic E-state index is 0.627. The number of nitrogens with zero attached hydrogens (tertiary/aromatic N) is 2. The number of nitrogens with one attached hydrogen (secondary N) is 1. The Kier molecular flexibility index (Phi) is 3.01. The molecule has 0 aliphatic rings. The molecular weight excluding hydrogens is 224 g/mol. The van der Waals surface area contributed by atoms with Crippen LogP contribution in [-0.2, 0) is 13.6 Å². The van der Waals surface area contributed by atoms with Crippen LogP contribution in [0.2, 0.25) is 5.02 Å². The molecule has 0 saturated carbocycles. The summed E-state index contributed by atoms with van der Waals surface area (Å²) in [5.41, 5.74) is 8.32. The molecule has 16 heavy (non-hydrogen) atoms. The Morgan fingerprint density at radius 2 is 2.25 bits per heavy atom. The number of hydrogen-bond acceptors (Lipinski definition) is 3. The molecule has 2 aromatic rings. The van der Waals surface area contributed by atoms with Gasteiger partial charge in [-0.05, 0) is 18.2 Å². The SMILES string of the molecule is Cn1nccc1CNc1c(N)cccc1Cl. The molecule has 0 radical (unpaired) electrons. The Labute approximate surface area is 99.0 Å². The van der Waals surface area contributed by atoms with Gasteiger partial charge in [-0.2, -0.15) is 5.10 Å². The van der Waals surface area contributed by atoms with Gasteiger partial charge in [0, 0.05) is 13.2 Å². The third kappa shape index (κ3) is 2.12. The van der Waals surface area contributed by atoms with Crippen molar-refractivity contribution in [2.24, 2.45) is 7.05 Å². The lowest BCUT2D eigenvalue weighted by atomic mass is 10.2. The van der Waals surface area contributed by atoms with Crippen LogP contribution in [0, 0.1) is 0 Å². The second-order valence-electron chi connectivity index (χ2n) is 3.50. The molecule has 1 aromatic carbocycles. The number of nitrogens with two attached hydrogens (primary N) is 1. The highest BCUT2D eigenvalue weighted by Gasteiger charge is 2.04. The zero-order valence-corrected chi connectivity index (χ0v) is 9.70. The van der Waals surface area contributed by atoms with Crippen molar-refractivity contribution in [1.29, 1.82) is 0 Å². The van der Waals surface area contributed by atoms with E-state index in [-0.39, 0.29) is 0 Å². The first-order valence-corrected chi connectivity index (χ1v) is 5.31. The van der Waals surface area contributed by atoms with Crippen molar-refractivity contribution in [3.63, 3.8) is 0 Å². The number of anilines is 2. The topological polar surface area (TPSA) is 55.9 Å². The number of nitrogen functional groups attached to an aromatic ring is 1. The predicted molar refractivity (Wildman–Crippen MR) is 66.4 cm³/mol. The lowest BCUT2D eigenvalue weighted by Crippen LogP contribution is -2.07. The van der Waals surface area contributed by atoms with Gasteiger partial charge in [0.1, 0.15) is 0 Å². The summed E-state index contributed by atoms with van der Waals surface area (Å²) in [7, 11) is 1.90. The maximum atomic E-state index is 6.04. The van der Waals surface area contributed by atoms with E-state index >= 15 is 0 Å². The summed E-state index contributed by atoms with van der Waals surface area (Å²) in [5.74, 6) is 0. The van der Waals surface area contributed by atoms with Crippen LogP contribution >= 0.6 is 11.6 Å². The first-order chi connectivity index (χ1) is 7.68. The summed E-state index contributed by atoms with van der Waals surface area (Å²) >= 11 is 6.04. The van der Waals surface area contributed by atoms with Gasteiger partial charge in [-0.25, -0.2) is 0 Å². The molecule has 84 valence electrons. The molecule has 0 unspecified atom stereocenters. The van der Waals surface area contributed by atoms with Crippen molar-refractivity contribution in [3.05, 3.63) is 41.2 Å². The highest BCUT2D eigenvalue weighted by atomic mass is 35.5. The molecule has 0 spiro atoms. The van der Waals surface area contributed by atoms with Crippen molar-refractivity contribution in [1.82, 2.24) is 9.78 Å². The van der Waals surface area contributed by atoms with E-state index in [4.69, 9.17) is 17.3 Å². The zero-order valence-electron chi connectivity index (χ0n) is 8.94. The highest BCUT2D eigenvalue weighted by Crippen LogP contribution is 2.28. The van der Waals surface area contributed by atoms with Crippen LogP contribution < -0.4 is 11.1 Å². The Hall–Kier alpha value is -1.68. The molecule has 2 rings (SSSR count). The van der Waals surface area contributed by atoms with E-state index in [9.17, 15) is 0 Å². The summed E-state index contributed by atoms with van der Waals surface area (Å²) in [6.07, 6.45) is 1.76. The fourth-order valence-corrected chi connectivity index (χ4v) is 1.73. The van der Waals surface area contributed by atoms with E-state index in [1.807, 2.05) is 31.3 Å². The highest BCUT2D eigenvalue weighted by molar-refractivity contribution is 6.33. The molecule has 0 fully saturated rings. The smallest absolute Gasteiger partial charge is 0.0766 e. The van der Waals surface area contributed by atoms with E-state index < -0.39 is 0 Å². The van der Waals surface area contributed by atoms with Gasteiger partial charge in [0.05, 0.1) is 28.6 Å². The first-order valence-electron chi connectivity index (χ1n) is 4.93. The van der Waals surface area contributed by atoms with Crippen LogP contribution in [0.3, 0.4) is 0 Å². The quantitative estimate of drug-likeness (QED) is 0.804. The third-order valence-electron chi connectivity index (χ3n) is 2.41. The molecule has 0 amide bonds. The van der Waals surface area contributed by atoms with E-state index in [1.54, 1.807) is 10.9 Å². The van der Waals surface area contributed by atoms with Gasteiger partial charge in [-0.1, -0.05) is 17.7 Å². The van der Waals surface area contributed by atoms with Gasteiger partial charge in [0.2, 0.25) is 0 Å². The Balaban J connectivity index is 2.14. The third-order valence-corrected chi connectivity index (χ3v) is 2.73. The summed E-state index contributed by atoms with van der Waals surface area (Å²) in [5, 5.41) is 7.92. The van der Waals surface area contributed by atoms with Crippen LogP contribution in [-0.4, -0.2) is 9.78 Å². The van der Waals surface area contributed by atoms with E-state index in [0.717, 1.165) is 11.4 Å². The van der Waals surface area contributed by atoms with Gasteiger partial charge < -0.3 is 11.1 Å². The van der Waals surface area contributed by atoms with E-state index in [2.05, 4.69) is 10.4 Å². The van der Waals surface area contributed by atoms with Crippen LogP contribution in [0.1, 0.15) is 5.69 Å². The summed E-state index contributed by atoms with van der Waals surface area (Å²) < 4.78 is 1.81. The molecule has 1 heterocycles. The minimum atomic E-state index is 0.627. The first kappa shape index (κ1) is 10.8. The Morgan fingerprint density at radius 3 is 2.88 bits per heavy atom. The van der Waals surface area contributed by atoms with E-state index in [0.29, 0.717) is 17.3 Å². The lowest BCUT2D eigenvalue weighted by molar-refractivity contribution is 0.720. The molecule has 4 nitrogen and oxygen atoms in total. The van der Waals surface area contributed by atoms with Gasteiger partial charge in [-0.3, -0.25) is 4.68 Å². The average molecular weight is 237 g/mol. The molecule has 1 aromatic heterocycles. The Morgan fingerprint density at radius 1 is 1.44 bits per heavy atom. The number of benzene rings is 1. The van der Waals surface area contributed by atoms with Gasteiger partial charge in [0.15, 0.2) is 0 Å². The molecule has 3 N–H and O–H groups in total. The standard InChI is InChI=1S/C11H13ClN4/c1-16-8(5-6-15-16)7-14-11-9(12)3-2-4-10(11)13/h2-6,14H,7,13H2,1H3. The minimum Gasteiger partial charge on any atom is -0.397 e. The maximum Gasteiger partial charge on any atom is 0.0766 e. The Bertz CT molecular complexity index is 472. The molecule has 0 aliphatic heterocycles. The molecular formula is C11H13ClN4. The lowest BCUT2D eigenvalue weighted by Gasteiger charge is -2.10. The monoisotopic (exact) mass is 236 g/mol. The van der Waals surface area contributed by atoms with Gasteiger partial charge >= 0.3 is 0 Å². The number of aromatic nitrogens is 2. The fourth-order valence-electron chi connectivity index (χ4n) is 1.48.